The highest BCUT2D eigenvalue weighted by Gasteiger charge is 2.22. The van der Waals surface area contributed by atoms with Gasteiger partial charge < -0.3 is 27.9 Å². The number of phosphoric ester groups is 1. The van der Waals surface area contributed by atoms with Crippen molar-refractivity contribution in [2.24, 2.45) is 0 Å². The van der Waals surface area contributed by atoms with E-state index in [9.17, 15) is 19.0 Å². The average molecular weight is 1440 g/mol. The number of esters is 2. The Morgan fingerprint density at radius 2 is 0.529 bits per heavy atom. The van der Waals surface area contributed by atoms with Crippen LogP contribution in [0.4, 0.5) is 0 Å². The second-order valence-corrected chi connectivity index (χ2v) is 30.5. The Kier molecular flexibility index (Phi) is 77.3. The van der Waals surface area contributed by atoms with Crippen molar-refractivity contribution in [3.8, 4) is 0 Å². The monoisotopic (exact) mass is 1440 g/mol. The number of phosphoric acid groups is 1. The summed E-state index contributed by atoms with van der Waals surface area (Å²) >= 11 is 0. The van der Waals surface area contributed by atoms with Crippen LogP contribution in [0, 0.1) is 0 Å². The Morgan fingerprint density at radius 1 is 0.304 bits per heavy atom. The zero-order valence-corrected chi connectivity index (χ0v) is 67.7. The highest BCUT2D eigenvalue weighted by molar-refractivity contribution is 7.45. The Balaban J connectivity index is 3.94. The second-order valence-electron chi connectivity index (χ2n) is 29.1. The van der Waals surface area contributed by atoms with Crippen LogP contribution in [0.1, 0.15) is 361 Å². The predicted molar refractivity (Wildman–Crippen MR) is 443 cm³/mol. The molecule has 0 saturated heterocycles. The summed E-state index contributed by atoms with van der Waals surface area (Å²) in [6.07, 6.45) is 121. The fourth-order valence-corrected chi connectivity index (χ4v) is 12.4. The van der Waals surface area contributed by atoms with E-state index in [2.05, 4.69) is 172 Å². The topological polar surface area (TPSA) is 111 Å². The van der Waals surface area contributed by atoms with E-state index in [1.807, 2.05) is 21.1 Å². The maximum atomic E-state index is 12.9. The van der Waals surface area contributed by atoms with Crippen molar-refractivity contribution in [3.05, 3.63) is 158 Å². The van der Waals surface area contributed by atoms with Gasteiger partial charge in [0.2, 0.25) is 0 Å². The number of carbonyl (C=O) groups excluding carboxylic acids is 2. The van der Waals surface area contributed by atoms with Gasteiger partial charge in [-0.2, -0.15) is 0 Å². The SMILES string of the molecule is CC/C=C\C/C=C\C/C=C\C/C=C\C/C=C\C/C=C\C/C=C\CCCCCCCCCCCCCCCCCCCCCC(=O)OC(COC(=O)CCCCCCCCCCCCCCCCCCCC/C=C\C/C=C\C/C=C\C/C=C\C/C=C\C/C=C\CC)COP(=O)([O-])OCC[N+](C)(C)C. The number of hydrogen-bond acceptors (Lipinski definition) is 8. The first kappa shape index (κ1) is 97.6. The van der Waals surface area contributed by atoms with Gasteiger partial charge in [-0.25, -0.2) is 0 Å². The molecule has 0 heterocycles. The average Bonchev–Trinajstić information content (AvgIpc) is 0.916. The number of carbonyl (C=O) groups is 2. The number of hydrogen-bond donors (Lipinski definition) is 0. The number of likely N-dealkylation sites (N-methyl/N-ethyl adjacent to an activating group) is 1. The third-order valence-corrected chi connectivity index (χ3v) is 19.0. The summed E-state index contributed by atoms with van der Waals surface area (Å²) in [6.45, 7) is 4.04. The minimum absolute atomic E-state index is 0.0337. The third kappa shape index (κ3) is 84.6. The van der Waals surface area contributed by atoms with Gasteiger partial charge in [0.1, 0.15) is 19.8 Å². The van der Waals surface area contributed by atoms with E-state index in [1.54, 1.807) is 0 Å². The molecule has 0 aliphatic heterocycles. The van der Waals surface area contributed by atoms with E-state index in [1.165, 1.54) is 205 Å². The number of nitrogens with zero attached hydrogens (tertiary/aromatic N) is 1. The van der Waals surface area contributed by atoms with Gasteiger partial charge in [0.05, 0.1) is 27.7 Å². The molecule has 0 bridgehead atoms. The molecule has 0 N–H and O–H groups in total. The largest absolute Gasteiger partial charge is 0.756 e. The molecule has 0 rings (SSSR count). The van der Waals surface area contributed by atoms with Crippen molar-refractivity contribution in [1.82, 2.24) is 0 Å². The standard InChI is InChI=1S/C92H158NO8P/c1-6-8-10-12-14-16-18-20-22-24-26-28-30-32-34-36-38-40-42-44-45-46-47-49-51-53-55-57-59-61-63-65-67-69-71-73-75-77-79-81-83-85-92(95)101-90(89-100-102(96,97)99-87-86-93(3,4)5)88-98-91(94)84-82-80-78-76-74-72-70-68-66-64-62-60-58-56-54-52-50-48-43-41-39-37-35-33-31-29-27-25-23-21-19-17-15-13-11-9-7-2/h8-11,14-17,20-23,26-29,32-35,38-41,44-45,90H,6-7,12-13,18-19,24-25,30-31,36-37,42-43,46-89H2,1-5H3/b10-8-,11-9-,16-14-,17-15-,22-20-,23-21-,28-26-,29-27-,34-32-,35-33-,40-38-,41-39-,45-44-. The van der Waals surface area contributed by atoms with E-state index in [-0.39, 0.29) is 32.0 Å². The third-order valence-electron chi connectivity index (χ3n) is 18.0. The number of unbranched alkanes of at least 4 members (excludes halogenated alkanes) is 37. The van der Waals surface area contributed by atoms with Gasteiger partial charge in [0, 0.05) is 12.8 Å². The van der Waals surface area contributed by atoms with Crippen LogP contribution in [-0.4, -0.2) is 70.0 Å². The number of quaternary nitrogens is 1. The van der Waals surface area contributed by atoms with Gasteiger partial charge in [0.25, 0.3) is 7.82 Å². The zero-order chi connectivity index (χ0) is 74.0. The molecule has 0 aliphatic carbocycles. The molecule has 0 aliphatic rings. The summed E-state index contributed by atoms with van der Waals surface area (Å²) in [5.74, 6) is -0.823. The van der Waals surface area contributed by atoms with Crippen LogP contribution in [0.25, 0.3) is 0 Å². The van der Waals surface area contributed by atoms with Crippen LogP contribution in [-0.2, 0) is 32.7 Å². The van der Waals surface area contributed by atoms with E-state index < -0.39 is 26.5 Å². The van der Waals surface area contributed by atoms with Crippen LogP contribution >= 0.6 is 7.82 Å². The van der Waals surface area contributed by atoms with Crippen molar-refractivity contribution in [2.45, 2.75) is 367 Å². The van der Waals surface area contributed by atoms with Gasteiger partial charge in [-0.05, 0) is 122 Å². The minimum atomic E-state index is -4.65. The maximum absolute atomic E-state index is 12.9. The first-order chi connectivity index (χ1) is 50.0. The van der Waals surface area contributed by atoms with E-state index >= 15 is 0 Å². The van der Waals surface area contributed by atoms with Gasteiger partial charge in [-0.3, -0.25) is 14.2 Å². The van der Waals surface area contributed by atoms with Crippen molar-refractivity contribution < 1.29 is 42.1 Å². The van der Waals surface area contributed by atoms with Crippen LogP contribution in [0.3, 0.4) is 0 Å². The molecule has 0 aromatic rings. The molecule has 0 radical (unpaired) electrons. The highest BCUT2D eigenvalue weighted by atomic mass is 31.2. The first-order valence-electron chi connectivity index (χ1n) is 42.2. The maximum Gasteiger partial charge on any atom is 0.306 e. The van der Waals surface area contributed by atoms with Gasteiger partial charge in [0.15, 0.2) is 6.10 Å². The van der Waals surface area contributed by atoms with Gasteiger partial charge >= 0.3 is 11.9 Å². The van der Waals surface area contributed by atoms with Crippen molar-refractivity contribution >= 4 is 19.8 Å². The Bertz CT molecular complexity index is 2290. The summed E-state index contributed by atoms with van der Waals surface area (Å²) in [5.41, 5.74) is 0. The van der Waals surface area contributed by atoms with Gasteiger partial charge in [-0.15, -0.1) is 0 Å². The van der Waals surface area contributed by atoms with E-state index in [4.69, 9.17) is 18.5 Å². The molecular weight excluding hydrogens is 1280 g/mol. The fourth-order valence-electron chi connectivity index (χ4n) is 11.7. The molecule has 0 amide bonds. The van der Waals surface area contributed by atoms with Crippen LogP contribution in [0.2, 0.25) is 0 Å². The summed E-state index contributed by atoms with van der Waals surface area (Å²) in [5, 5.41) is 0. The van der Waals surface area contributed by atoms with Crippen LogP contribution in [0.5, 0.6) is 0 Å². The number of allylic oxidation sites excluding steroid dienone is 26. The van der Waals surface area contributed by atoms with E-state index in [0.717, 1.165) is 122 Å². The molecule has 0 fully saturated rings. The molecule has 584 valence electrons. The lowest BCUT2D eigenvalue weighted by molar-refractivity contribution is -0.870. The molecule has 2 unspecified atom stereocenters. The fraction of sp³-hybridized carbons (Fsp3) is 0.696. The summed E-state index contributed by atoms with van der Waals surface area (Å²) < 4.78 is 34.5. The summed E-state index contributed by atoms with van der Waals surface area (Å²) in [4.78, 5) is 38.2. The zero-order valence-electron chi connectivity index (χ0n) is 66.8. The second kappa shape index (κ2) is 80.7. The number of ether oxygens (including phenoxy) is 2. The quantitative estimate of drug-likeness (QED) is 0.0195. The molecule has 0 spiro atoms. The molecular formula is C92H158NO8P. The molecule has 0 aromatic carbocycles. The Hall–Kier alpha value is -4.37. The lowest BCUT2D eigenvalue weighted by atomic mass is 10.0. The Labute approximate surface area is 630 Å². The summed E-state index contributed by atoms with van der Waals surface area (Å²) in [6, 6.07) is 0. The molecule has 9 nitrogen and oxygen atoms in total. The van der Waals surface area contributed by atoms with Crippen molar-refractivity contribution in [3.63, 3.8) is 0 Å². The molecule has 0 saturated carbocycles. The molecule has 102 heavy (non-hydrogen) atoms. The molecule has 2 atom stereocenters. The first-order valence-corrected chi connectivity index (χ1v) is 43.7. The predicted octanol–water partition coefficient (Wildman–Crippen LogP) is 28.0. The minimum Gasteiger partial charge on any atom is -0.756 e. The highest BCUT2D eigenvalue weighted by Crippen LogP contribution is 2.38. The number of rotatable bonds is 77. The molecule has 10 heteroatoms. The Morgan fingerprint density at radius 3 is 0.784 bits per heavy atom. The van der Waals surface area contributed by atoms with E-state index in [0.29, 0.717) is 17.4 Å². The normalized spacial score (nSPS) is 13.8. The van der Waals surface area contributed by atoms with Gasteiger partial charge in [-0.1, -0.05) is 384 Å². The van der Waals surface area contributed by atoms with Crippen molar-refractivity contribution in [1.29, 1.82) is 0 Å². The van der Waals surface area contributed by atoms with Crippen molar-refractivity contribution in [2.75, 3.05) is 47.5 Å². The lowest BCUT2D eigenvalue weighted by Gasteiger charge is -2.28. The molecule has 0 aromatic heterocycles. The summed E-state index contributed by atoms with van der Waals surface area (Å²) in [7, 11) is 1.17. The van der Waals surface area contributed by atoms with Crippen LogP contribution < -0.4 is 4.89 Å². The van der Waals surface area contributed by atoms with Crippen LogP contribution in [0.15, 0.2) is 158 Å². The lowest BCUT2D eigenvalue weighted by Crippen LogP contribution is -2.37. The smallest absolute Gasteiger partial charge is 0.306 e.